The molecule has 0 amide bonds. The van der Waals surface area contributed by atoms with Crippen molar-refractivity contribution in [1.82, 2.24) is 9.97 Å². The lowest BCUT2D eigenvalue weighted by molar-refractivity contribution is 0.803. The molecule has 1 atom stereocenters. The van der Waals surface area contributed by atoms with Crippen LogP contribution in [-0.4, -0.2) is 16.0 Å². The van der Waals surface area contributed by atoms with Gasteiger partial charge in [-0.3, -0.25) is 0 Å². The maximum absolute atomic E-state index is 5.98. The van der Waals surface area contributed by atoms with Gasteiger partial charge in [0.15, 0.2) is 11.0 Å². The molecule has 1 heterocycles. The van der Waals surface area contributed by atoms with Gasteiger partial charge in [0.1, 0.15) is 0 Å². The van der Waals surface area contributed by atoms with Crippen molar-refractivity contribution < 1.29 is 0 Å². The second kappa shape index (κ2) is 5.12. The molecular weight excluding hydrogens is 210 g/mol. The highest BCUT2D eigenvalue weighted by Crippen LogP contribution is 2.19. The molecule has 0 aliphatic carbocycles. The van der Waals surface area contributed by atoms with Crippen LogP contribution in [0, 0.1) is 13.8 Å². The molecule has 82 valence electrons. The van der Waals surface area contributed by atoms with Crippen LogP contribution >= 0.6 is 11.6 Å². The molecule has 0 aliphatic heterocycles. The van der Waals surface area contributed by atoms with Crippen molar-refractivity contribution in [3.63, 3.8) is 0 Å². The maximum atomic E-state index is 5.98. The van der Waals surface area contributed by atoms with Gasteiger partial charge in [0, 0.05) is 6.04 Å². The van der Waals surface area contributed by atoms with Gasteiger partial charge in [-0.05, 0) is 27.2 Å². The molecular formula is C11H16ClN3. The lowest BCUT2D eigenvalue weighted by atomic mass is 10.2. The lowest BCUT2D eigenvalue weighted by Crippen LogP contribution is -2.16. The molecule has 0 fully saturated rings. The molecule has 1 N–H and O–H groups in total. The molecule has 0 spiro atoms. The Morgan fingerprint density at radius 3 is 2.60 bits per heavy atom. The van der Waals surface area contributed by atoms with Crippen LogP contribution in [0.1, 0.15) is 24.7 Å². The van der Waals surface area contributed by atoms with Crippen LogP contribution in [0.25, 0.3) is 0 Å². The number of rotatable bonds is 4. The smallest absolute Gasteiger partial charge is 0.171 e. The van der Waals surface area contributed by atoms with E-state index in [4.69, 9.17) is 11.6 Å². The van der Waals surface area contributed by atoms with Crippen molar-refractivity contribution in [3.8, 4) is 0 Å². The number of halogens is 1. The van der Waals surface area contributed by atoms with Crippen LogP contribution in [0.4, 0.5) is 5.82 Å². The first-order chi connectivity index (χ1) is 7.04. The predicted octanol–water partition coefficient (Wildman–Crippen LogP) is 3.12. The number of hydrogen-bond donors (Lipinski definition) is 1. The van der Waals surface area contributed by atoms with Gasteiger partial charge in [0.25, 0.3) is 0 Å². The quantitative estimate of drug-likeness (QED) is 0.801. The molecule has 0 saturated carbocycles. The summed E-state index contributed by atoms with van der Waals surface area (Å²) in [6, 6.07) is 0.261. The summed E-state index contributed by atoms with van der Waals surface area (Å²) >= 11 is 5.98. The fourth-order valence-electron chi connectivity index (χ4n) is 1.21. The van der Waals surface area contributed by atoms with E-state index in [1.165, 1.54) is 0 Å². The minimum atomic E-state index is 0.261. The second-order valence-electron chi connectivity index (χ2n) is 3.60. The molecule has 4 heteroatoms. The lowest BCUT2D eigenvalue weighted by Gasteiger charge is -2.14. The molecule has 1 rings (SSSR count). The van der Waals surface area contributed by atoms with E-state index in [1.54, 1.807) is 0 Å². The minimum Gasteiger partial charge on any atom is -0.365 e. The van der Waals surface area contributed by atoms with Crippen molar-refractivity contribution in [3.05, 3.63) is 29.2 Å². The molecule has 0 aliphatic rings. The molecule has 1 aromatic rings. The summed E-state index contributed by atoms with van der Waals surface area (Å²) in [6.07, 6.45) is 2.73. The Balaban J connectivity index is 2.85. The molecule has 0 aromatic carbocycles. The normalized spacial score (nSPS) is 12.3. The number of aromatic nitrogens is 2. The Hall–Kier alpha value is -1.09. The number of hydrogen-bond acceptors (Lipinski definition) is 3. The van der Waals surface area contributed by atoms with Crippen molar-refractivity contribution in [2.24, 2.45) is 0 Å². The van der Waals surface area contributed by atoms with Gasteiger partial charge in [-0.25, -0.2) is 9.97 Å². The minimum absolute atomic E-state index is 0.261. The number of aryl methyl sites for hydroxylation is 2. The average molecular weight is 226 g/mol. The van der Waals surface area contributed by atoms with Gasteiger partial charge >= 0.3 is 0 Å². The number of nitrogens with zero attached hydrogens (tertiary/aromatic N) is 2. The summed E-state index contributed by atoms with van der Waals surface area (Å²) in [5.41, 5.74) is 1.76. The van der Waals surface area contributed by atoms with Gasteiger partial charge in [-0.1, -0.05) is 17.7 Å². The highest BCUT2D eigenvalue weighted by molar-refractivity contribution is 6.31. The zero-order valence-electron chi connectivity index (χ0n) is 9.34. The molecule has 0 saturated heterocycles. The van der Waals surface area contributed by atoms with E-state index in [-0.39, 0.29) is 6.04 Å². The first-order valence-electron chi connectivity index (χ1n) is 4.92. The Morgan fingerprint density at radius 2 is 2.00 bits per heavy atom. The number of anilines is 1. The van der Waals surface area contributed by atoms with Crippen LogP contribution in [0.15, 0.2) is 12.7 Å². The highest BCUT2D eigenvalue weighted by Gasteiger charge is 2.08. The molecule has 1 aromatic heterocycles. The third-order valence-corrected chi connectivity index (χ3v) is 2.43. The summed E-state index contributed by atoms with van der Waals surface area (Å²) in [5, 5.41) is 3.63. The molecule has 1 unspecified atom stereocenters. The standard InChI is InChI=1S/C11H16ClN3/c1-5-6-7(2)13-11-10(12)14-8(3)9(4)15-11/h5,7H,1,6H2,2-4H3,(H,13,15). The molecule has 0 bridgehead atoms. The van der Waals surface area contributed by atoms with E-state index in [0.717, 1.165) is 17.8 Å². The first kappa shape index (κ1) is 12.0. The third kappa shape index (κ3) is 3.20. The Bertz CT molecular complexity index is 363. The predicted molar refractivity (Wildman–Crippen MR) is 64.4 cm³/mol. The van der Waals surface area contributed by atoms with E-state index in [0.29, 0.717) is 11.0 Å². The third-order valence-electron chi connectivity index (χ3n) is 2.17. The van der Waals surface area contributed by atoms with Crippen LogP contribution < -0.4 is 5.32 Å². The Morgan fingerprint density at radius 1 is 1.40 bits per heavy atom. The van der Waals surface area contributed by atoms with Crippen LogP contribution in [0.2, 0.25) is 5.15 Å². The SMILES string of the molecule is C=CCC(C)Nc1nc(C)c(C)nc1Cl. The van der Waals surface area contributed by atoms with Gasteiger partial charge in [-0.2, -0.15) is 0 Å². The summed E-state index contributed by atoms with van der Waals surface area (Å²) in [7, 11) is 0. The first-order valence-corrected chi connectivity index (χ1v) is 5.30. The zero-order valence-corrected chi connectivity index (χ0v) is 10.1. The average Bonchev–Trinajstić information content (AvgIpc) is 2.14. The van der Waals surface area contributed by atoms with E-state index < -0.39 is 0 Å². The van der Waals surface area contributed by atoms with Crippen LogP contribution in [0.3, 0.4) is 0 Å². The monoisotopic (exact) mass is 225 g/mol. The zero-order chi connectivity index (χ0) is 11.4. The van der Waals surface area contributed by atoms with E-state index in [1.807, 2.05) is 19.9 Å². The van der Waals surface area contributed by atoms with Crippen LogP contribution in [0.5, 0.6) is 0 Å². The van der Waals surface area contributed by atoms with Crippen molar-refractivity contribution >= 4 is 17.4 Å². The molecule has 0 radical (unpaired) electrons. The second-order valence-corrected chi connectivity index (χ2v) is 3.96. The summed E-state index contributed by atoms with van der Waals surface area (Å²) in [5.74, 6) is 0.647. The fraction of sp³-hybridized carbons (Fsp3) is 0.455. The van der Waals surface area contributed by atoms with E-state index >= 15 is 0 Å². The summed E-state index contributed by atoms with van der Waals surface area (Å²) in [4.78, 5) is 8.56. The topological polar surface area (TPSA) is 37.8 Å². The van der Waals surface area contributed by atoms with Crippen molar-refractivity contribution in [2.75, 3.05) is 5.32 Å². The van der Waals surface area contributed by atoms with E-state index in [2.05, 4.69) is 28.8 Å². The van der Waals surface area contributed by atoms with Crippen molar-refractivity contribution in [2.45, 2.75) is 33.2 Å². The summed E-state index contributed by atoms with van der Waals surface area (Å²) < 4.78 is 0. The Kier molecular flexibility index (Phi) is 4.09. The van der Waals surface area contributed by atoms with Gasteiger partial charge in [0.05, 0.1) is 11.4 Å². The number of nitrogens with one attached hydrogen (secondary N) is 1. The Labute approximate surface area is 95.6 Å². The largest absolute Gasteiger partial charge is 0.365 e. The van der Waals surface area contributed by atoms with Gasteiger partial charge < -0.3 is 5.32 Å². The summed E-state index contributed by atoms with van der Waals surface area (Å²) in [6.45, 7) is 9.55. The molecule has 3 nitrogen and oxygen atoms in total. The maximum Gasteiger partial charge on any atom is 0.171 e. The van der Waals surface area contributed by atoms with Crippen LogP contribution in [-0.2, 0) is 0 Å². The van der Waals surface area contributed by atoms with Crippen molar-refractivity contribution in [1.29, 1.82) is 0 Å². The van der Waals surface area contributed by atoms with Gasteiger partial charge in [-0.15, -0.1) is 6.58 Å². The fourth-order valence-corrected chi connectivity index (χ4v) is 1.43. The highest BCUT2D eigenvalue weighted by atomic mass is 35.5. The van der Waals surface area contributed by atoms with E-state index in [9.17, 15) is 0 Å². The van der Waals surface area contributed by atoms with Gasteiger partial charge in [0.2, 0.25) is 0 Å². The molecule has 15 heavy (non-hydrogen) atoms.